The molecule has 1 atom stereocenters. The van der Waals surface area contributed by atoms with Crippen molar-refractivity contribution in [1.29, 1.82) is 0 Å². The lowest BCUT2D eigenvalue weighted by Crippen LogP contribution is -2.13. The average Bonchev–Trinajstić information content (AvgIpc) is 2.34. The van der Waals surface area contributed by atoms with Crippen molar-refractivity contribution in [2.24, 2.45) is 0 Å². The second kappa shape index (κ2) is 6.49. The monoisotopic (exact) mass is 302 g/mol. The molecule has 0 saturated heterocycles. The molecule has 0 aliphatic heterocycles. The fraction of sp³-hybridized carbons (Fsp3) is 0.462. The van der Waals surface area contributed by atoms with Crippen LogP contribution in [-0.4, -0.2) is 39.0 Å². The van der Waals surface area contributed by atoms with Gasteiger partial charge in [-0.25, -0.2) is 8.42 Å². The lowest BCUT2D eigenvalue weighted by Gasteiger charge is -2.12. The van der Waals surface area contributed by atoms with E-state index in [2.05, 4.69) is 0 Å². The number of Topliss-reactive ketones (excluding diaryl/α,β-unsaturated/α-hetero) is 1. The standard InChI is InChI=1S/C13H19O4PS/c1-18(15,13-6-4-3-5-7-13)10-8-12(14)9-11-19(2,16)17/h3-7H,8-11H2,1-2H3. The van der Waals surface area contributed by atoms with E-state index in [1.165, 1.54) is 0 Å². The van der Waals surface area contributed by atoms with Crippen LogP contribution in [0.15, 0.2) is 30.3 Å². The molecule has 0 saturated carbocycles. The van der Waals surface area contributed by atoms with E-state index in [1.54, 1.807) is 18.8 Å². The molecule has 0 radical (unpaired) electrons. The first-order valence-corrected chi connectivity index (χ1v) is 10.4. The van der Waals surface area contributed by atoms with Crippen LogP contribution in [0.2, 0.25) is 0 Å². The summed E-state index contributed by atoms with van der Waals surface area (Å²) in [4.78, 5) is 11.6. The van der Waals surface area contributed by atoms with Crippen LogP contribution in [0.1, 0.15) is 12.8 Å². The largest absolute Gasteiger partial charge is 0.319 e. The van der Waals surface area contributed by atoms with E-state index in [0.29, 0.717) is 6.16 Å². The molecule has 6 heteroatoms. The molecule has 106 valence electrons. The van der Waals surface area contributed by atoms with Crippen molar-refractivity contribution in [3.05, 3.63) is 30.3 Å². The van der Waals surface area contributed by atoms with Crippen LogP contribution in [0, 0.1) is 0 Å². The second-order valence-corrected chi connectivity index (χ2v) is 10.3. The van der Waals surface area contributed by atoms with Crippen molar-refractivity contribution in [1.82, 2.24) is 0 Å². The summed E-state index contributed by atoms with van der Waals surface area (Å²) in [7, 11) is -5.65. The van der Waals surface area contributed by atoms with Gasteiger partial charge in [0.15, 0.2) is 0 Å². The zero-order valence-corrected chi connectivity index (χ0v) is 12.9. The lowest BCUT2D eigenvalue weighted by molar-refractivity contribution is -0.118. The van der Waals surface area contributed by atoms with Gasteiger partial charge in [0.05, 0.1) is 5.75 Å². The van der Waals surface area contributed by atoms with Gasteiger partial charge in [0, 0.05) is 30.6 Å². The number of sulfone groups is 1. The summed E-state index contributed by atoms with van der Waals surface area (Å²) in [5, 5.41) is 0.755. The molecule has 1 unspecified atom stereocenters. The molecule has 0 amide bonds. The Morgan fingerprint density at radius 1 is 1.16 bits per heavy atom. The van der Waals surface area contributed by atoms with Crippen molar-refractivity contribution in [3.8, 4) is 0 Å². The molecule has 0 aliphatic carbocycles. The molecular weight excluding hydrogens is 283 g/mol. The van der Waals surface area contributed by atoms with Gasteiger partial charge in [-0.2, -0.15) is 0 Å². The van der Waals surface area contributed by atoms with Crippen molar-refractivity contribution in [2.75, 3.05) is 24.8 Å². The molecule has 0 heterocycles. The molecule has 19 heavy (non-hydrogen) atoms. The Morgan fingerprint density at radius 3 is 2.26 bits per heavy atom. The molecule has 4 nitrogen and oxygen atoms in total. The van der Waals surface area contributed by atoms with Crippen LogP contribution < -0.4 is 5.30 Å². The summed E-state index contributed by atoms with van der Waals surface area (Å²) < 4.78 is 34.4. The van der Waals surface area contributed by atoms with Crippen LogP contribution >= 0.6 is 7.14 Å². The minimum absolute atomic E-state index is 0.00756. The number of hydrogen-bond donors (Lipinski definition) is 0. The van der Waals surface area contributed by atoms with Gasteiger partial charge in [0.25, 0.3) is 0 Å². The van der Waals surface area contributed by atoms with Crippen LogP contribution in [0.3, 0.4) is 0 Å². The van der Waals surface area contributed by atoms with Gasteiger partial charge in [0.1, 0.15) is 22.8 Å². The van der Waals surface area contributed by atoms with Crippen LogP contribution in [0.4, 0.5) is 0 Å². The highest BCUT2D eigenvalue weighted by Crippen LogP contribution is 2.40. The Bertz CT molecular complexity index is 578. The Labute approximate surface area is 114 Å². The first-order chi connectivity index (χ1) is 8.71. The van der Waals surface area contributed by atoms with Crippen molar-refractivity contribution in [3.63, 3.8) is 0 Å². The van der Waals surface area contributed by atoms with Crippen LogP contribution in [0.25, 0.3) is 0 Å². The van der Waals surface area contributed by atoms with Crippen molar-refractivity contribution >= 4 is 28.1 Å². The summed E-state index contributed by atoms with van der Waals surface area (Å²) >= 11 is 0. The molecule has 0 aliphatic rings. The van der Waals surface area contributed by atoms with Gasteiger partial charge in [-0.1, -0.05) is 30.3 Å². The van der Waals surface area contributed by atoms with Gasteiger partial charge in [-0.3, -0.25) is 4.79 Å². The van der Waals surface area contributed by atoms with Crippen molar-refractivity contribution in [2.45, 2.75) is 12.8 Å². The normalized spacial score (nSPS) is 14.8. The van der Waals surface area contributed by atoms with Gasteiger partial charge < -0.3 is 4.57 Å². The topological polar surface area (TPSA) is 68.3 Å². The Hall–Kier alpha value is -0.930. The SMILES string of the molecule is CP(=O)(CCC(=O)CCS(C)(=O)=O)c1ccccc1. The number of hydrogen-bond acceptors (Lipinski definition) is 4. The van der Waals surface area contributed by atoms with E-state index in [0.717, 1.165) is 11.6 Å². The molecule has 0 bridgehead atoms. The zero-order chi connectivity index (χ0) is 14.5. The molecule has 1 aromatic carbocycles. The molecule has 0 spiro atoms. The Morgan fingerprint density at radius 2 is 1.74 bits per heavy atom. The third-order valence-electron chi connectivity index (χ3n) is 2.87. The van der Waals surface area contributed by atoms with E-state index >= 15 is 0 Å². The fourth-order valence-corrected chi connectivity index (χ4v) is 3.97. The van der Waals surface area contributed by atoms with Gasteiger partial charge in [-0.05, 0) is 6.66 Å². The highest BCUT2D eigenvalue weighted by atomic mass is 32.2. The third-order valence-corrected chi connectivity index (χ3v) is 6.28. The smallest absolute Gasteiger partial charge is 0.147 e. The number of benzene rings is 1. The maximum atomic E-state index is 12.5. The summed E-state index contributed by atoms with van der Waals surface area (Å²) in [5.41, 5.74) is 0. The van der Waals surface area contributed by atoms with Crippen molar-refractivity contribution < 1.29 is 17.8 Å². The van der Waals surface area contributed by atoms with E-state index in [1.807, 2.05) is 18.2 Å². The molecule has 1 rings (SSSR count). The van der Waals surface area contributed by atoms with Crippen LogP contribution in [-0.2, 0) is 19.2 Å². The zero-order valence-electron chi connectivity index (χ0n) is 11.2. The maximum absolute atomic E-state index is 12.5. The van der Waals surface area contributed by atoms with Gasteiger partial charge >= 0.3 is 0 Å². The van der Waals surface area contributed by atoms with E-state index in [4.69, 9.17) is 0 Å². The minimum Gasteiger partial charge on any atom is -0.319 e. The summed E-state index contributed by atoms with van der Waals surface area (Å²) in [6.07, 6.45) is 1.57. The molecule has 0 fully saturated rings. The maximum Gasteiger partial charge on any atom is 0.147 e. The first-order valence-electron chi connectivity index (χ1n) is 6.02. The highest BCUT2D eigenvalue weighted by Gasteiger charge is 2.19. The molecular formula is C13H19O4PS. The van der Waals surface area contributed by atoms with Gasteiger partial charge in [0.2, 0.25) is 0 Å². The predicted octanol–water partition coefficient (Wildman–Crippen LogP) is 1.70. The number of ketones is 1. The molecule has 0 aromatic heterocycles. The van der Waals surface area contributed by atoms with Gasteiger partial charge in [-0.15, -0.1) is 0 Å². The Kier molecular flexibility index (Phi) is 5.50. The molecule has 1 aromatic rings. The van der Waals surface area contributed by atoms with E-state index in [9.17, 15) is 17.8 Å². The number of rotatable bonds is 7. The first kappa shape index (κ1) is 16.1. The average molecular weight is 302 g/mol. The quantitative estimate of drug-likeness (QED) is 0.719. The lowest BCUT2D eigenvalue weighted by atomic mass is 10.2. The summed E-state index contributed by atoms with van der Waals surface area (Å²) in [5.74, 6) is -0.283. The number of carbonyl (C=O) groups excluding carboxylic acids is 1. The highest BCUT2D eigenvalue weighted by molar-refractivity contribution is 7.90. The predicted molar refractivity (Wildman–Crippen MR) is 78.4 cm³/mol. The number of carbonyl (C=O) groups is 1. The summed E-state index contributed by atoms with van der Waals surface area (Å²) in [6.45, 7) is 1.66. The van der Waals surface area contributed by atoms with Crippen LogP contribution in [0.5, 0.6) is 0 Å². The Balaban J connectivity index is 2.53. The third kappa shape index (κ3) is 6.17. The van der Waals surface area contributed by atoms with E-state index < -0.39 is 17.0 Å². The fourth-order valence-electron chi connectivity index (χ4n) is 1.63. The summed E-state index contributed by atoms with van der Waals surface area (Å²) in [6, 6.07) is 9.07. The van der Waals surface area contributed by atoms with E-state index in [-0.39, 0.29) is 24.4 Å². The second-order valence-electron chi connectivity index (χ2n) is 4.83. The molecule has 0 N–H and O–H groups in total. The minimum atomic E-state index is -3.12.